The van der Waals surface area contributed by atoms with Crippen molar-refractivity contribution >= 4 is 121 Å². The van der Waals surface area contributed by atoms with Gasteiger partial charge in [0.05, 0.1) is 4.92 Å². The van der Waals surface area contributed by atoms with E-state index in [1.807, 2.05) is 242 Å². The molecule has 28 nitrogen and oxygen atoms in total. The lowest BCUT2D eigenvalue weighted by molar-refractivity contribution is -0.384. The summed E-state index contributed by atoms with van der Waals surface area (Å²) in [6.45, 7) is 38.7. The van der Waals surface area contributed by atoms with Crippen LogP contribution in [-0.4, -0.2) is 91.8 Å². The van der Waals surface area contributed by atoms with Crippen molar-refractivity contribution in [3.05, 3.63) is 312 Å². The van der Waals surface area contributed by atoms with Gasteiger partial charge in [-0.2, -0.15) is 69.8 Å². The van der Waals surface area contributed by atoms with Crippen LogP contribution in [0.2, 0.25) is 0 Å². The van der Waals surface area contributed by atoms with Gasteiger partial charge in [-0.1, -0.05) is 319 Å². The Morgan fingerprint density at radius 1 is 0.296 bits per heavy atom. The molecule has 5 heterocycles. The molecule has 0 spiro atoms. The van der Waals surface area contributed by atoms with Crippen molar-refractivity contribution in [3.63, 3.8) is 0 Å². The van der Waals surface area contributed by atoms with E-state index in [9.17, 15) is 10.1 Å². The van der Waals surface area contributed by atoms with Crippen LogP contribution in [0.5, 0.6) is 23.5 Å². The first-order valence-corrected chi connectivity index (χ1v) is 45.8. The fourth-order valence-corrected chi connectivity index (χ4v) is 14.1. The Morgan fingerprint density at radius 2 is 0.570 bits per heavy atom. The zero-order chi connectivity index (χ0) is 95.7. The maximum Gasteiger partial charge on any atom is 0.328 e. The molecule has 135 heavy (non-hydrogen) atoms. The van der Waals surface area contributed by atoms with Crippen molar-refractivity contribution in [1.29, 1.82) is 0 Å². The number of nitro benzene ring substituents is 1. The Kier molecular flexibility index (Phi) is 32.2. The normalized spacial score (nSPS) is 12.9. The first kappa shape index (κ1) is 97.2. The van der Waals surface area contributed by atoms with Crippen molar-refractivity contribution in [2.45, 2.75) is 207 Å². The molecule has 8 N–H and O–H groups in total. The minimum Gasteiger partial charge on any atom is -0.424 e. The summed E-state index contributed by atoms with van der Waals surface area (Å²) in [7, 11) is 0. The fourth-order valence-electron chi connectivity index (χ4n) is 14.1. The SMILES string of the molecule is C=Cc1ccc(Nc2nc(Nc3ccc(C=C)cc3)nc(C(C)(C)C)n2)cc1.CC(C)(C)c1nc(NC2CCCCC2)nc(NC2CCCCC2)n1.CC(C)(C)c1nc(Nc2cccc3ccccc23)nc(Nc2cccc3ccccc23)n1.CC(C)(C)c1nc(Nc2ccccc2)nc(Nc2ccc([N+](=O)[O-])cc2)n1.CC(C)(C)c1nc(Oc2ccccc2)nc(Oc2ccccc2)n1. The summed E-state index contributed by atoms with van der Waals surface area (Å²) in [5.41, 5.74) is 6.33. The van der Waals surface area contributed by atoms with Crippen LogP contribution in [-0.2, 0) is 27.1 Å². The van der Waals surface area contributed by atoms with Crippen molar-refractivity contribution in [2.75, 3.05) is 42.5 Å². The fraction of sp³-hybridized carbons (Fsp3) is 0.299. The Labute approximate surface area is 791 Å². The number of anilines is 14. The predicted octanol–water partition coefficient (Wildman–Crippen LogP) is 26.9. The largest absolute Gasteiger partial charge is 0.424 e. The van der Waals surface area contributed by atoms with Gasteiger partial charge in [-0.15, -0.1) is 4.98 Å². The molecule has 0 saturated heterocycles. The van der Waals surface area contributed by atoms with Crippen LogP contribution >= 0.6 is 0 Å². The average Bonchev–Trinajstić information content (AvgIpc) is 0.788. The van der Waals surface area contributed by atoms with Crippen LogP contribution in [0.3, 0.4) is 0 Å². The van der Waals surface area contributed by atoms with Gasteiger partial charge in [0.25, 0.3) is 5.69 Å². The topological polar surface area (TPSA) is 351 Å². The van der Waals surface area contributed by atoms with Gasteiger partial charge in [0.15, 0.2) is 0 Å². The number of fused-ring (bicyclic) bond motifs is 2. The summed E-state index contributed by atoms with van der Waals surface area (Å²) >= 11 is 0. The predicted molar refractivity (Wildman–Crippen MR) is 547 cm³/mol. The Balaban J connectivity index is 0.000000144. The number of nitrogens with zero attached hydrogens (tertiary/aromatic N) is 16. The van der Waals surface area contributed by atoms with Crippen LogP contribution in [0.25, 0.3) is 33.7 Å². The van der Waals surface area contributed by atoms with E-state index in [0.717, 1.165) is 84.7 Å². The van der Waals surface area contributed by atoms with Gasteiger partial charge in [0, 0.05) is 96.2 Å². The lowest BCUT2D eigenvalue weighted by Crippen LogP contribution is -2.28. The number of benzene rings is 10. The summed E-state index contributed by atoms with van der Waals surface area (Å²) < 4.78 is 11.5. The molecule has 0 amide bonds. The monoisotopic (exact) mass is 1810 g/mol. The highest BCUT2D eigenvalue weighted by atomic mass is 16.6. The van der Waals surface area contributed by atoms with E-state index in [0.29, 0.717) is 82.4 Å². The molecule has 0 unspecified atom stereocenters. The van der Waals surface area contributed by atoms with Crippen molar-refractivity contribution < 1.29 is 14.4 Å². The highest BCUT2D eigenvalue weighted by Gasteiger charge is 2.28. The molecule has 5 aromatic heterocycles. The third-order valence-corrected chi connectivity index (χ3v) is 21.5. The summed E-state index contributed by atoms with van der Waals surface area (Å²) in [6.07, 6.45) is 16.5. The lowest BCUT2D eigenvalue weighted by atomic mass is 9.95. The molecule has 17 rings (SSSR count). The smallest absolute Gasteiger partial charge is 0.328 e. The van der Waals surface area contributed by atoms with Gasteiger partial charge in [-0.25, -0.2) is 0 Å². The summed E-state index contributed by atoms with van der Waals surface area (Å²) in [5.74, 6) is 9.16. The van der Waals surface area contributed by atoms with Crippen molar-refractivity contribution in [3.8, 4) is 23.5 Å². The molecule has 0 radical (unpaired) electrons. The van der Waals surface area contributed by atoms with E-state index in [1.54, 1.807) is 12.1 Å². The van der Waals surface area contributed by atoms with E-state index in [4.69, 9.17) is 39.4 Å². The Hall–Kier alpha value is -15.4. The van der Waals surface area contributed by atoms with E-state index in [2.05, 4.69) is 199 Å². The maximum atomic E-state index is 10.8. The van der Waals surface area contributed by atoms with E-state index in [-0.39, 0.29) is 44.8 Å². The maximum absolute atomic E-state index is 10.8. The lowest BCUT2D eigenvalue weighted by Gasteiger charge is -2.26. The second-order valence-corrected chi connectivity index (χ2v) is 38.1. The number of aromatic nitrogens is 15. The molecule has 10 aromatic carbocycles. The Morgan fingerprint density at radius 3 is 0.896 bits per heavy atom. The van der Waals surface area contributed by atoms with Crippen LogP contribution in [0, 0.1) is 10.1 Å². The molecule has 2 aliphatic rings. The molecule has 0 bridgehead atoms. The molecule has 15 aromatic rings. The minimum atomic E-state index is -0.438. The summed E-state index contributed by atoms with van der Waals surface area (Å²) in [4.78, 5) is 78.9. The molecule has 0 atom stereocenters. The molecule has 2 saturated carbocycles. The van der Waals surface area contributed by atoms with Gasteiger partial charge >= 0.3 is 12.0 Å². The van der Waals surface area contributed by atoms with Gasteiger partial charge < -0.3 is 52.0 Å². The highest BCUT2D eigenvalue weighted by Crippen LogP contribution is 2.35. The van der Waals surface area contributed by atoms with Crippen molar-refractivity contribution in [2.24, 2.45) is 0 Å². The zero-order valence-electron chi connectivity index (χ0n) is 79.8. The third kappa shape index (κ3) is 29.3. The molecule has 2 fully saturated rings. The zero-order valence-corrected chi connectivity index (χ0v) is 79.8. The van der Waals surface area contributed by atoms with Crippen LogP contribution < -0.4 is 52.0 Å². The van der Waals surface area contributed by atoms with Gasteiger partial charge in [-0.3, -0.25) is 10.1 Å². The first-order valence-electron chi connectivity index (χ1n) is 45.8. The number of rotatable bonds is 23. The molecule has 28 heteroatoms. The van der Waals surface area contributed by atoms with E-state index in [1.165, 1.54) is 76.3 Å². The number of non-ortho nitro benzene ring substituents is 1. The molecule has 0 aliphatic heterocycles. The molecular formula is C107H122N24O4. The van der Waals surface area contributed by atoms with Crippen LogP contribution in [0.1, 0.15) is 208 Å². The summed E-state index contributed by atoms with van der Waals surface area (Å²) in [5, 5.41) is 42.1. The highest BCUT2D eigenvalue weighted by molar-refractivity contribution is 5.96. The minimum absolute atomic E-state index is 0.0259. The van der Waals surface area contributed by atoms with Gasteiger partial charge in [0.2, 0.25) is 47.6 Å². The number of nitrogens with one attached hydrogen (secondary N) is 8. The number of ether oxygens (including phenoxy) is 2. The third-order valence-electron chi connectivity index (χ3n) is 21.5. The average molecular weight is 1810 g/mol. The van der Waals surface area contributed by atoms with Crippen molar-refractivity contribution in [1.82, 2.24) is 74.8 Å². The first-order chi connectivity index (χ1) is 64.7. The van der Waals surface area contributed by atoms with E-state index >= 15 is 0 Å². The number of nitro groups is 1. The second kappa shape index (κ2) is 44.7. The number of para-hydroxylation sites is 3. The van der Waals surface area contributed by atoms with Gasteiger partial charge in [0.1, 0.15) is 40.6 Å². The van der Waals surface area contributed by atoms with Crippen LogP contribution in [0.15, 0.2) is 262 Å². The second-order valence-electron chi connectivity index (χ2n) is 38.1. The molecular weight excluding hydrogens is 1690 g/mol. The summed E-state index contributed by atoms with van der Waals surface area (Å²) in [6, 6.07) is 80.7. The van der Waals surface area contributed by atoms with Crippen LogP contribution in [0.4, 0.5) is 87.4 Å². The standard InChI is InChI=1S/C27H25N5.C23H25N5.C19H20N6O2.C19H33N5.C19H19N3O2/c1-27(2,3)24-30-25(28-22-16-8-12-18-10-4-6-14-20(18)22)32-26(31-24)29-23-17-9-13-19-11-5-7-15-21(19)23;1-6-16-8-12-18(13-9-16)24-21-26-20(23(3,4)5)27-22(28-21)25-19-14-10-17(7-2)11-15-19;1-19(2,3)16-22-17(20-13-7-5-4-6-8-13)24-18(23-16)21-14-9-11-15(12-10-14)25(26)27;1-19(2,3)16-22-17(20-14-10-6-4-7-11-14)24-18(23-16)21-15-12-8-5-9-13-15;1-19(2,3)16-20-17(23-14-10-6-4-7-11-14)22-18(21-16)24-15-12-8-5-9-13-15/h4-17H,1-3H3,(H2,28,29,30,31,32);6-15H,1-2H2,3-5H3,(H2,24,25,26,27,28);4-12H,1-3H3,(H2,20,21,22,23,24);14-15H,4-13H2,1-3H3,(H2,20,21,22,23,24);4-13H,1-3H3. The quantitative estimate of drug-likeness (QED) is 0.0218. The van der Waals surface area contributed by atoms with E-state index < -0.39 is 4.92 Å². The molecule has 2 aliphatic carbocycles. The molecule has 694 valence electrons. The number of hydrogen-bond donors (Lipinski definition) is 8. The Bertz CT molecular complexity index is 6150. The number of hydrogen-bond acceptors (Lipinski definition) is 27. The van der Waals surface area contributed by atoms with Gasteiger partial charge in [-0.05, 0) is 133 Å².